The Hall–Kier alpha value is -2.80. The van der Waals surface area contributed by atoms with Gasteiger partial charge in [0.05, 0.1) is 11.1 Å². The lowest BCUT2D eigenvalue weighted by Gasteiger charge is -2.07. The van der Waals surface area contributed by atoms with Crippen molar-refractivity contribution in [3.63, 3.8) is 0 Å². The van der Waals surface area contributed by atoms with Crippen molar-refractivity contribution >= 4 is 34.9 Å². The SMILES string of the molecule is Cc1cccc(NC(=S)N/N=C\c2cccc([N+](=O)[O-])c2)c1. The van der Waals surface area contributed by atoms with Gasteiger partial charge in [0.15, 0.2) is 5.11 Å². The summed E-state index contributed by atoms with van der Waals surface area (Å²) < 4.78 is 0. The van der Waals surface area contributed by atoms with Gasteiger partial charge in [-0.05, 0) is 36.8 Å². The van der Waals surface area contributed by atoms with Gasteiger partial charge in [0.25, 0.3) is 5.69 Å². The Morgan fingerprint density at radius 2 is 2.05 bits per heavy atom. The number of hydrazone groups is 1. The lowest BCUT2D eigenvalue weighted by atomic mass is 10.2. The van der Waals surface area contributed by atoms with Crippen molar-refractivity contribution in [2.24, 2.45) is 5.10 Å². The van der Waals surface area contributed by atoms with Gasteiger partial charge in [0, 0.05) is 23.4 Å². The Morgan fingerprint density at radius 3 is 2.77 bits per heavy atom. The highest BCUT2D eigenvalue weighted by molar-refractivity contribution is 7.80. The highest BCUT2D eigenvalue weighted by Crippen LogP contribution is 2.11. The average Bonchev–Trinajstić information content (AvgIpc) is 2.47. The smallest absolute Gasteiger partial charge is 0.270 e. The zero-order valence-corrected chi connectivity index (χ0v) is 12.6. The van der Waals surface area contributed by atoms with Crippen LogP contribution in [0.3, 0.4) is 0 Å². The van der Waals surface area contributed by atoms with E-state index in [2.05, 4.69) is 15.8 Å². The monoisotopic (exact) mass is 314 g/mol. The number of benzene rings is 2. The number of nitrogens with zero attached hydrogens (tertiary/aromatic N) is 2. The predicted octanol–water partition coefficient (Wildman–Crippen LogP) is 3.22. The zero-order chi connectivity index (χ0) is 15.9. The molecule has 2 aromatic rings. The number of nitro groups is 1. The first kappa shape index (κ1) is 15.6. The van der Waals surface area contributed by atoms with Crippen molar-refractivity contribution in [2.75, 3.05) is 5.32 Å². The van der Waals surface area contributed by atoms with E-state index in [1.165, 1.54) is 18.3 Å². The first-order valence-electron chi connectivity index (χ1n) is 6.46. The molecule has 0 spiro atoms. The molecule has 0 atom stereocenters. The summed E-state index contributed by atoms with van der Waals surface area (Å²) in [4.78, 5) is 10.2. The van der Waals surface area contributed by atoms with Crippen molar-refractivity contribution in [2.45, 2.75) is 6.92 Å². The summed E-state index contributed by atoms with van der Waals surface area (Å²) in [5.74, 6) is 0. The maximum absolute atomic E-state index is 10.7. The molecular weight excluding hydrogens is 300 g/mol. The normalized spacial score (nSPS) is 10.4. The number of thiocarbonyl (C=S) groups is 1. The van der Waals surface area contributed by atoms with Crippen LogP contribution in [-0.4, -0.2) is 16.3 Å². The molecule has 0 saturated heterocycles. The van der Waals surface area contributed by atoms with E-state index in [0.717, 1.165) is 11.3 Å². The number of anilines is 1. The lowest BCUT2D eigenvalue weighted by molar-refractivity contribution is -0.384. The second-order valence-electron chi connectivity index (χ2n) is 4.55. The maximum Gasteiger partial charge on any atom is 0.270 e. The van der Waals surface area contributed by atoms with Crippen molar-refractivity contribution in [3.8, 4) is 0 Å². The van der Waals surface area contributed by atoms with Gasteiger partial charge in [-0.15, -0.1) is 0 Å². The van der Waals surface area contributed by atoms with Crippen molar-refractivity contribution in [3.05, 3.63) is 69.8 Å². The van der Waals surface area contributed by atoms with E-state index >= 15 is 0 Å². The molecule has 0 aliphatic rings. The van der Waals surface area contributed by atoms with E-state index in [4.69, 9.17) is 12.2 Å². The number of rotatable bonds is 4. The van der Waals surface area contributed by atoms with Gasteiger partial charge < -0.3 is 5.32 Å². The number of nitrogens with one attached hydrogen (secondary N) is 2. The number of nitro benzene ring substituents is 1. The van der Waals surface area contributed by atoms with Crippen LogP contribution in [0.25, 0.3) is 0 Å². The van der Waals surface area contributed by atoms with E-state index in [9.17, 15) is 10.1 Å². The Balaban J connectivity index is 1.93. The molecule has 112 valence electrons. The molecule has 0 amide bonds. The number of hydrogen-bond donors (Lipinski definition) is 2. The van der Waals surface area contributed by atoms with E-state index in [0.29, 0.717) is 10.7 Å². The molecule has 2 aromatic carbocycles. The number of aryl methyl sites for hydroxylation is 1. The minimum Gasteiger partial charge on any atom is -0.331 e. The van der Waals surface area contributed by atoms with Crippen LogP contribution in [0.5, 0.6) is 0 Å². The predicted molar refractivity (Wildman–Crippen MR) is 91.2 cm³/mol. The third-order valence-electron chi connectivity index (χ3n) is 2.74. The topological polar surface area (TPSA) is 79.6 Å². The van der Waals surface area contributed by atoms with Gasteiger partial charge in [-0.2, -0.15) is 5.10 Å². The minimum absolute atomic E-state index is 0.0180. The third-order valence-corrected chi connectivity index (χ3v) is 2.93. The minimum atomic E-state index is -0.450. The molecule has 2 rings (SSSR count). The van der Waals surface area contributed by atoms with E-state index in [1.54, 1.807) is 12.1 Å². The van der Waals surface area contributed by atoms with Crippen molar-refractivity contribution in [1.29, 1.82) is 0 Å². The van der Waals surface area contributed by atoms with E-state index < -0.39 is 4.92 Å². The zero-order valence-electron chi connectivity index (χ0n) is 11.8. The summed E-state index contributed by atoms with van der Waals surface area (Å²) in [5, 5.41) is 18.0. The molecule has 0 aliphatic heterocycles. The molecule has 22 heavy (non-hydrogen) atoms. The fourth-order valence-electron chi connectivity index (χ4n) is 1.77. The second kappa shape index (κ2) is 7.28. The van der Waals surface area contributed by atoms with Crippen LogP contribution in [0.4, 0.5) is 11.4 Å². The van der Waals surface area contributed by atoms with Crippen LogP contribution in [0, 0.1) is 17.0 Å². The largest absolute Gasteiger partial charge is 0.331 e. The lowest BCUT2D eigenvalue weighted by Crippen LogP contribution is -2.23. The van der Waals surface area contributed by atoms with Crippen LogP contribution < -0.4 is 10.7 Å². The molecule has 0 aromatic heterocycles. The Bertz CT molecular complexity index is 731. The van der Waals surface area contributed by atoms with Crippen LogP contribution in [0.1, 0.15) is 11.1 Å². The summed E-state index contributed by atoms with van der Waals surface area (Å²) in [6.45, 7) is 1.99. The molecule has 0 saturated carbocycles. The summed E-state index contributed by atoms with van der Waals surface area (Å²) in [5.41, 5.74) is 5.28. The van der Waals surface area contributed by atoms with Gasteiger partial charge in [-0.25, -0.2) is 0 Å². The Morgan fingerprint density at radius 1 is 1.27 bits per heavy atom. The van der Waals surface area contributed by atoms with Crippen molar-refractivity contribution in [1.82, 2.24) is 5.43 Å². The Labute approximate surface area is 133 Å². The molecule has 0 radical (unpaired) electrons. The molecule has 0 aliphatic carbocycles. The first-order chi connectivity index (χ1) is 10.5. The van der Waals surface area contributed by atoms with Gasteiger partial charge in [-0.1, -0.05) is 24.3 Å². The van der Waals surface area contributed by atoms with E-state index in [1.807, 2.05) is 31.2 Å². The first-order valence-corrected chi connectivity index (χ1v) is 6.86. The number of non-ortho nitro benzene ring substituents is 1. The quantitative estimate of drug-likeness (QED) is 0.392. The molecular formula is C15H14N4O2S. The molecule has 0 unspecified atom stereocenters. The van der Waals surface area contributed by atoms with Gasteiger partial charge in [-0.3, -0.25) is 15.5 Å². The molecule has 0 heterocycles. The maximum atomic E-state index is 10.7. The van der Waals surface area contributed by atoms with Crippen LogP contribution >= 0.6 is 12.2 Å². The average molecular weight is 314 g/mol. The highest BCUT2D eigenvalue weighted by Gasteiger charge is 2.03. The van der Waals surface area contributed by atoms with Gasteiger partial charge in [0.2, 0.25) is 0 Å². The summed E-state index contributed by atoms with van der Waals surface area (Å²) >= 11 is 5.12. The fraction of sp³-hybridized carbons (Fsp3) is 0.0667. The molecule has 7 heteroatoms. The van der Waals surface area contributed by atoms with Crippen molar-refractivity contribution < 1.29 is 4.92 Å². The molecule has 0 fully saturated rings. The van der Waals surface area contributed by atoms with Gasteiger partial charge >= 0.3 is 0 Å². The fourth-order valence-corrected chi connectivity index (χ4v) is 1.94. The summed E-state index contributed by atoms with van der Waals surface area (Å²) in [6, 6.07) is 13.9. The van der Waals surface area contributed by atoms with Crippen LogP contribution in [0.15, 0.2) is 53.6 Å². The number of hydrogen-bond acceptors (Lipinski definition) is 4. The third kappa shape index (κ3) is 4.64. The van der Waals surface area contributed by atoms with Gasteiger partial charge in [0.1, 0.15) is 0 Å². The summed E-state index contributed by atoms with van der Waals surface area (Å²) in [6.07, 6.45) is 1.47. The molecule has 2 N–H and O–H groups in total. The van der Waals surface area contributed by atoms with E-state index in [-0.39, 0.29) is 5.69 Å². The van der Waals surface area contributed by atoms with Crippen LogP contribution in [-0.2, 0) is 0 Å². The highest BCUT2D eigenvalue weighted by atomic mass is 32.1. The Kier molecular flexibility index (Phi) is 5.16. The standard InChI is InChI=1S/C15H14N4O2S/c1-11-4-2-6-13(8-11)17-15(22)18-16-10-12-5-3-7-14(9-12)19(20)21/h2-10H,1H3,(H2,17,18,22)/b16-10-. The molecule has 0 bridgehead atoms. The summed E-state index contributed by atoms with van der Waals surface area (Å²) in [7, 11) is 0. The molecule has 6 nitrogen and oxygen atoms in total. The second-order valence-corrected chi connectivity index (χ2v) is 4.95. The van der Waals surface area contributed by atoms with Crippen LogP contribution in [0.2, 0.25) is 0 Å².